The second-order valence-electron chi connectivity index (χ2n) is 5.06. The number of oxime groups is 1. The first-order valence-electron chi connectivity index (χ1n) is 6.78. The van der Waals surface area contributed by atoms with Crippen molar-refractivity contribution in [3.8, 4) is 11.5 Å². The predicted molar refractivity (Wildman–Crippen MR) is 90.3 cm³/mol. The van der Waals surface area contributed by atoms with Crippen molar-refractivity contribution in [1.82, 2.24) is 0 Å². The second kappa shape index (κ2) is 7.31. The van der Waals surface area contributed by atoms with E-state index in [9.17, 15) is 0 Å². The molecule has 5 heteroatoms. The van der Waals surface area contributed by atoms with Crippen LogP contribution in [0, 0.1) is 13.8 Å². The van der Waals surface area contributed by atoms with Gasteiger partial charge in [-0.3, -0.25) is 0 Å². The minimum absolute atomic E-state index is 0.449. The van der Waals surface area contributed by atoms with E-state index < -0.39 is 0 Å². The number of rotatable bonds is 5. The third-order valence-electron chi connectivity index (χ3n) is 3.12. The quantitative estimate of drug-likeness (QED) is 0.484. The minimum Gasteiger partial charge on any atom is -0.493 e. The maximum Gasteiger partial charge on any atom is 0.175 e. The summed E-state index contributed by atoms with van der Waals surface area (Å²) in [5, 5.41) is 11.7. The lowest BCUT2D eigenvalue weighted by atomic mass is 10.1. The Kier molecular flexibility index (Phi) is 5.44. The number of aryl methyl sites for hydroxylation is 2. The molecular weight excluding hydrogens is 346 g/mol. The van der Waals surface area contributed by atoms with E-state index in [1.807, 2.05) is 0 Å². The van der Waals surface area contributed by atoms with Crippen LogP contribution in [-0.4, -0.2) is 18.5 Å². The van der Waals surface area contributed by atoms with E-state index in [-0.39, 0.29) is 0 Å². The Morgan fingerprint density at radius 2 is 1.82 bits per heavy atom. The van der Waals surface area contributed by atoms with Crippen LogP contribution in [0.15, 0.2) is 40.0 Å². The third kappa shape index (κ3) is 4.01. The highest BCUT2D eigenvalue weighted by molar-refractivity contribution is 9.10. The van der Waals surface area contributed by atoms with Crippen LogP contribution in [0.2, 0.25) is 0 Å². The van der Waals surface area contributed by atoms with Gasteiger partial charge in [0.15, 0.2) is 11.5 Å². The highest BCUT2D eigenvalue weighted by Gasteiger charge is 2.11. The topological polar surface area (TPSA) is 51.0 Å². The highest BCUT2D eigenvalue weighted by Crippen LogP contribution is 2.36. The fraction of sp³-hybridized carbons (Fsp3) is 0.235. The first-order valence-corrected chi connectivity index (χ1v) is 7.57. The molecule has 2 aromatic carbocycles. The van der Waals surface area contributed by atoms with Crippen LogP contribution in [0.4, 0.5) is 0 Å². The smallest absolute Gasteiger partial charge is 0.175 e. The molecule has 2 aromatic rings. The van der Waals surface area contributed by atoms with Crippen molar-refractivity contribution in [2.24, 2.45) is 5.16 Å². The molecule has 0 bridgehead atoms. The predicted octanol–water partition coefficient (Wildman–Crippen LogP) is 4.46. The van der Waals surface area contributed by atoms with Crippen LogP contribution in [-0.2, 0) is 6.61 Å². The molecule has 0 aromatic heterocycles. The number of methoxy groups -OCH3 is 1. The van der Waals surface area contributed by atoms with Crippen molar-refractivity contribution in [2.75, 3.05) is 7.11 Å². The summed E-state index contributed by atoms with van der Waals surface area (Å²) in [5.74, 6) is 1.20. The zero-order valence-electron chi connectivity index (χ0n) is 12.8. The Balaban J connectivity index is 2.25. The molecule has 0 fully saturated rings. The number of ether oxygens (including phenoxy) is 2. The van der Waals surface area contributed by atoms with E-state index in [1.54, 1.807) is 19.2 Å². The molecule has 0 aliphatic heterocycles. The largest absolute Gasteiger partial charge is 0.493 e. The molecule has 0 radical (unpaired) electrons. The SMILES string of the molecule is COc1cc(/C=N\O)cc(Br)c1OCc1cc(C)cc(C)c1. The lowest BCUT2D eigenvalue weighted by Gasteiger charge is -2.14. The Morgan fingerprint density at radius 3 is 2.41 bits per heavy atom. The summed E-state index contributed by atoms with van der Waals surface area (Å²) in [6, 6.07) is 9.88. The molecule has 0 aliphatic carbocycles. The van der Waals surface area contributed by atoms with Gasteiger partial charge in [0.1, 0.15) is 6.61 Å². The van der Waals surface area contributed by atoms with Gasteiger partial charge >= 0.3 is 0 Å². The summed E-state index contributed by atoms with van der Waals surface area (Å²) in [7, 11) is 1.57. The molecule has 4 nitrogen and oxygen atoms in total. The van der Waals surface area contributed by atoms with Crippen molar-refractivity contribution in [1.29, 1.82) is 0 Å². The summed E-state index contributed by atoms with van der Waals surface area (Å²) in [5.41, 5.74) is 4.23. The lowest BCUT2D eigenvalue weighted by Crippen LogP contribution is -2.00. The van der Waals surface area contributed by atoms with Gasteiger partial charge in [-0.15, -0.1) is 0 Å². The molecule has 22 heavy (non-hydrogen) atoms. The number of benzene rings is 2. The minimum atomic E-state index is 0.449. The van der Waals surface area contributed by atoms with Crippen LogP contribution in [0.25, 0.3) is 0 Å². The van der Waals surface area contributed by atoms with Crippen LogP contribution in [0.1, 0.15) is 22.3 Å². The van der Waals surface area contributed by atoms with Gasteiger partial charge in [0, 0.05) is 5.56 Å². The summed E-state index contributed by atoms with van der Waals surface area (Å²) in [4.78, 5) is 0. The molecule has 0 aliphatic rings. The molecule has 2 rings (SSSR count). The van der Waals surface area contributed by atoms with Gasteiger partial charge in [-0.25, -0.2) is 0 Å². The van der Waals surface area contributed by atoms with E-state index in [1.165, 1.54) is 17.3 Å². The first kappa shape index (κ1) is 16.4. The highest BCUT2D eigenvalue weighted by atomic mass is 79.9. The third-order valence-corrected chi connectivity index (χ3v) is 3.71. The Hall–Kier alpha value is -2.01. The van der Waals surface area contributed by atoms with Crippen LogP contribution >= 0.6 is 15.9 Å². The average molecular weight is 364 g/mol. The molecule has 1 N–H and O–H groups in total. The van der Waals surface area contributed by atoms with Gasteiger partial charge in [0.05, 0.1) is 17.8 Å². The van der Waals surface area contributed by atoms with Crippen LogP contribution in [0.3, 0.4) is 0 Å². The van der Waals surface area contributed by atoms with Gasteiger partial charge in [-0.05, 0) is 47.5 Å². The standard InChI is InChI=1S/C17H18BrNO3/c1-11-4-12(2)6-14(5-11)10-22-17-15(18)7-13(9-19-20)8-16(17)21-3/h4-9,20H,10H2,1-3H3/b19-9-. The average Bonchev–Trinajstić information content (AvgIpc) is 2.45. The Morgan fingerprint density at radius 1 is 1.14 bits per heavy atom. The van der Waals surface area contributed by atoms with Gasteiger partial charge < -0.3 is 14.7 Å². The molecule has 0 spiro atoms. The number of nitrogens with zero attached hydrogens (tertiary/aromatic N) is 1. The second-order valence-corrected chi connectivity index (χ2v) is 5.92. The summed E-state index contributed by atoms with van der Waals surface area (Å²) in [6.45, 7) is 4.58. The van der Waals surface area contributed by atoms with Gasteiger partial charge in [0.2, 0.25) is 0 Å². The monoisotopic (exact) mass is 363 g/mol. The zero-order chi connectivity index (χ0) is 16.1. The van der Waals surface area contributed by atoms with Crippen LogP contribution < -0.4 is 9.47 Å². The molecule has 0 saturated heterocycles. The first-order chi connectivity index (χ1) is 10.5. The summed E-state index contributed by atoms with van der Waals surface area (Å²) in [6.07, 6.45) is 1.33. The maximum absolute atomic E-state index is 8.63. The molecule has 0 saturated carbocycles. The van der Waals surface area contributed by atoms with Crippen LogP contribution in [0.5, 0.6) is 11.5 Å². The molecular formula is C17H18BrNO3. The van der Waals surface area contributed by atoms with Crippen molar-refractivity contribution >= 4 is 22.1 Å². The van der Waals surface area contributed by atoms with E-state index >= 15 is 0 Å². The summed E-state index contributed by atoms with van der Waals surface area (Å²) >= 11 is 3.46. The Labute approximate surface area is 138 Å². The fourth-order valence-corrected chi connectivity index (χ4v) is 2.90. The van der Waals surface area contributed by atoms with Crippen molar-refractivity contribution in [3.05, 3.63) is 57.1 Å². The van der Waals surface area contributed by atoms with E-state index in [4.69, 9.17) is 14.7 Å². The van der Waals surface area contributed by atoms with Gasteiger partial charge in [0.25, 0.3) is 0 Å². The van der Waals surface area contributed by atoms with E-state index in [0.29, 0.717) is 23.7 Å². The fourth-order valence-electron chi connectivity index (χ4n) is 2.33. The van der Waals surface area contributed by atoms with Gasteiger partial charge in [-0.1, -0.05) is 34.5 Å². The van der Waals surface area contributed by atoms with Crippen molar-refractivity contribution in [2.45, 2.75) is 20.5 Å². The van der Waals surface area contributed by atoms with E-state index in [0.717, 1.165) is 10.0 Å². The van der Waals surface area contributed by atoms with Crippen molar-refractivity contribution in [3.63, 3.8) is 0 Å². The zero-order valence-corrected chi connectivity index (χ0v) is 14.3. The molecule has 0 atom stereocenters. The molecule has 0 heterocycles. The maximum atomic E-state index is 8.63. The number of halogens is 1. The normalized spacial score (nSPS) is 10.9. The number of hydrogen-bond donors (Lipinski definition) is 1. The summed E-state index contributed by atoms with van der Waals surface area (Å²) < 4.78 is 12.0. The molecule has 116 valence electrons. The van der Waals surface area contributed by atoms with Gasteiger partial charge in [-0.2, -0.15) is 0 Å². The number of hydrogen-bond acceptors (Lipinski definition) is 4. The Bertz CT molecular complexity index is 678. The molecule has 0 amide bonds. The lowest BCUT2D eigenvalue weighted by molar-refractivity contribution is 0.282. The van der Waals surface area contributed by atoms with E-state index in [2.05, 4.69) is 53.1 Å². The molecule has 0 unspecified atom stereocenters. The van der Waals surface area contributed by atoms with Crippen molar-refractivity contribution < 1.29 is 14.7 Å².